The number of thiophene rings is 1. The first kappa shape index (κ1) is 10.4. The number of aromatic nitrogens is 2. The van der Waals surface area contributed by atoms with Crippen LogP contribution in [0.3, 0.4) is 0 Å². The number of amides is 1. The molecule has 2 aromatic heterocycles. The first-order valence-corrected chi connectivity index (χ1v) is 5.39. The number of H-pyrrole nitrogens is 1. The molecule has 0 saturated carbocycles. The van der Waals surface area contributed by atoms with Crippen molar-refractivity contribution < 1.29 is 4.79 Å². The van der Waals surface area contributed by atoms with Crippen molar-refractivity contribution in [1.29, 1.82) is 5.26 Å². The monoisotopic (exact) mass is 232 g/mol. The van der Waals surface area contributed by atoms with Crippen LogP contribution in [-0.4, -0.2) is 16.1 Å². The molecular weight excluding hydrogens is 224 g/mol. The summed E-state index contributed by atoms with van der Waals surface area (Å²) in [6, 6.07) is 3.81. The lowest BCUT2D eigenvalue weighted by Crippen LogP contribution is -2.12. The molecule has 0 saturated heterocycles. The standard InChI is InChI=1S/C10H8N4OS/c1-6-2-3-16-8(6)10(15)13-9-7(4-11)5-12-14-9/h2-3,5H,1H3,(H2,12,13,14,15). The molecule has 16 heavy (non-hydrogen) atoms. The van der Waals surface area contributed by atoms with Crippen LogP contribution >= 0.6 is 11.3 Å². The number of aryl methyl sites for hydroxylation is 1. The number of nitrogens with one attached hydrogen (secondary N) is 2. The Labute approximate surface area is 95.7 Å². The van der Waals surface area contributed by atoms with Crippen molar-refractivity contribution in [2.45, 2.75) is 6.92 Å². The quantitative estimate of drug-likeness (QED) is 0.829. The van der Waals surface area contributed by atoms with E-state index in [2.05, 4.69) is 15.5 Å². The molecule has 1 amide bonds. The van der Waals surface area contributed by atoms with Crippen molar-refractivity contribution in [3.05, 3.63) is 33.6 Å². The Bertz CT molecular complexity index is 563. The van der Waals surface area contributed by atoms with Crippen molar-refractivity contribution >= 4 is 23.1 Å². The van der Waals surface area contributed by atoms with E-state index in [4.69, 9.17) is 5.26 Å². The van der Waals surface area contributed by atoms with Crippen LogP contribution in [-0.2, 0) is 0 Å². The van der Waals surface area contributed by atoms with E-state index >= 15 is 0 Å². The molecule has 6 heteroatoms. The highest BCUT2D eigenvalue weighted by Crippen LogP contribution is 2.18. The average molecular weight is 232 g/mol. The molecule has 0 atom stereocenters. The van der Waals surface area contributed by atoms with Crippen molar-refractivity contribution in [2.75, 3.05) is 5.32 Å². The fraction of sp³-hybridized carbons (Fsp3) is 0.100. The number of nitrogens with zero attached hydrogens (tertiary/aromatic N) is 2. The van der Waals surface area contributed by atoms with E-state index in [1.54, 1.807) is 0 Å². The van der Waals surface area contributed by atoms with Crippen LogP contribution in [0, 0.1) is 18.3 Å². The zero-order chi connectivity index (χ0) is 11.5. The predicted molar refractivity (Wildman–Crippen MR) is 60.3 cm³/mol. The van der Waals surface area contributed by atoms with Gasteiger partial charge < -0.3 is 5.32 Å². The van der Waals surface area contributed by atoms with Crippen LogP contribution in [0.4, 0.5) is 5.82 Å². The lowest BCUT2D eigenvalue weighted by atomic mass is 10.3. The third-order valence-corrected chi connectivity index (χ3v) is 3.08. The van der Waals surface area contributed by atoms with Crippen molar-refractivity contribution in [3.8, 4) is 6.07 Å². The number of carbonyl (C=O) groups is 1. The van der Waals surface area contributed by atoms with Crippen molar-refractivity contribution in [3.63, 3.8) is 0 Å². The lowest BCUT2D eigenvalue weighted by Gasteiger charge is -2.01. The topological polar surface area (TPSA) is 81.6 Å². The predicted octanol–water partition coefficient (Wildman–Crippen LogP) is 1.90. The zero-order valence-electron chi connectivity index (χ0n) is 8.44. The molecular formula is C10H8N4OS. The van der Waals surface area contributed by atoms with E-state index in [-0.39, 0.29) is 5.91 Å². The summed E-state index contributed by atoms with van der Waals surface area (Å²) in [6.45, 7) is 1.86. The summed E-state index contributed by atoms with van der Waals surface area (Å²) < 4.78 is 0. The maximum atomic E-state index is 11.8. The molecule has 0 spiro atoms. The van der Waals surface area contributed by atoms with Gasteiger partial charge in [-0.2, -0.15) is 10.4 Å². The van der Waals surface area contributed by atoms with Gasteiger partial charge in [0.15, 0.2) is 0 Å². The molecule has 0 radical (unpaired) electrons. The normalized spacial score (nSPS) is 9.75. The van der Waals surface area contributed by atoms with Gasteiger partial charge >= 0.3 is 0 Å². The SMILES string of the molecule is Cc1ccsc1C(=O)Nc1[nH]ncc1C#N. The van der Waals surface area contributed by atoms with E-state index in [0.29, 0.717) is 16.3 Å². The van der Waals surface area contributed by atoms with Gasteiger partial charge in [-0.1, -0.05) is 0 Å². The first-order valence-electron chi connectivity index (χ1n) is 4.51. The Morgan fingerprint density at radius 3 is 3.12 bits per heavy atom. The lowest BCUT2D eigenvalue weighted by molar-refractivity contribution is 0.102. The molecule has 0 aliphatic heterocycles. The second kappa shape index (κ2) is 4.16. The molecule has 0 aliphatic carbocycles. The molecule has 2 rings (SSSR count). The van der Waals surface area contributed by atoms with Gasteiger partial charge in [0.25, 0.3) is 5.91 Å². The summed E-state index contributed by atoms with van der Waals surface area (Å²) in [6.07, 6.45) is 1.37. The van der Waals surface area contributed by atoms with Gasteiger partial charge in [-0.05, 0) is 23.9 Å². The Hall–Kier alpha value is -2.13. The Kier molecular flexibility index (Phi) is 2.70. The number of rotatable bonds is 2. The molecule has 2 heterocycles. The maximum absolute atomic E-state index is 11.8. The fourth-order valence-corrected chi connectivity index (χ4v) is 2.06. The summed E-state index contributed by atoms with van der Waals surface area (Å²) >= 11 is 1.36. The van der Waals surface area contributed by atoms with Crippen molar-refractivity contribution in [2.24, 2.45) is 0 Å². The second-order valence-electron chi connectivity index (χ2n) is 3.16. The van der Waals surface area contributed by atoms with Crippen LogP contribution in [0.2, 0.25) is 0 Å². The molecule has 2 aromatic rings. The molecule has 0 aliphatic rings. The number of nitriles is 1. The van der Waals surface area contributed by atoms with Crippen LogP contribution < -0.4 is 5.32 Å². The molecule has 0 fully saturated rings. The number of anilines is 1. The maximum Gasteiger partial charge on any atom is 0.267 e. The number of hydrogen-bond donors (Lipinski definition) is 2. The van der Waals surface area contributed by atoms with Gasteiger partial charge in [0.1, 0.15) is 17.5 Å². The minimum Gasteiger partial charge on any atom is -0.305 e. The summed E-state index contributed by atoms with van der Waals surface area (Å²) in [4.78, 5) is 12.4. The van der Waals surface area contributed by atoms with E-state index in [9.17, 15) is 4.79 Å². The highest BCUT2D eigenvalue weighted by molar-refractivity contribution is 7.12. The van der Waals surface area contributed by atoms with E-state index in [1.165, 1.54) is 17.5 Å². The average Bonchev–Trinajstić information content (AvgIpc) is 2.86. The summed E-state index contributed by atoms with van der Waals surface area (Å²) in [5.41, 5.74) is 1.24. The largest absolute Gasteiger partial charge is 0.305 e. The minimum atomic E-state index is -0.228. The molecule has 5 nitrogen and oxygen atoms in total. The highest BCUT2D eigenvalue weighted by Gasteiger charge is 2.13. The highest BCUT2D eigenvalue weighted by atomic mass is 32.1. The van der Waals surface area contributed by atoms with Gasteiger partial charge in [0.05, 0.1) is 11.1 Å². The van der Waals surface area contributed by atoms with Gasteiger partial charge in [0.2, 0.25) is 0 Å². The van der Waals surface area contributed by atoms with E-state index in [0.717, 1.165) is 5.56 Å². The Balaban J connectivity index is 2.21. The van der Waals surface area contributed by atoms with Crippen LogP contribution in [0.1, 0.15) is 20.8 Å². The van der Waals surface area contributed by atoms with E-state index in [1.807, 2.05) is 24.4 Å². The molecule has 0 aromatic carbocycles. The summed E-state index contributed by atoms with van der Waals surface area (Å²) in [5.74, 6) is 0.105. The molecule has 0 bridgehead atoms. The summed E-state index contributed by atoms with van der Waals surface area (Å²) in [7, 11) is 0. The fourth-order valence-electron chi connectivity index (χ4n) is 1.24. The minimum absolute atomic E-state index is 0.228. The van der Waals surface area contributed by atoms with Crippen LogP contribution in [0.5, 0.6) is 0 Å². The first-order chi connectivity index (χ1) is 7.72. The molecule has 2 N–H and O–H groups in total. The van der Waals surface area contributed by atoms with Gasteiger partial charge in [0, 0.05) is 0 Å². The number of aromatic amines is 1. The van der Waals surface area contributed by atoms with Gasteiger partial charge in [-0.15, -0.1) is 11.3 Å². The van der Waals surface area contributed by atoms with Crippen LogP contribution in [0.25, 0.3) is 0 Å². The second-order valence-corrected chi connectivity index (χ2v) is 4.07. The Morgan fingerprint density at radius 1 is 1.69 bits per heavy atom. The van der Waals surface area contributed by atoms with Crippen molar-refractivity contribution in [1.82, 2.24) is 10.2 Å². The number of hydrogen-bond acceptors (Lipinski definition) is 4. The summed E-state index contributed by atoms with van der Waals surface area (Å²) in [5, 5.41) is 19.5. The molecule has 0 unspecified atom stereocenters. The smallest absolute Gasteiger partial charge is 0.267 e. The third-order valence-electron chi connectivity index (χ3n) is 2.07. The van der Waals surface area contributed by atoms with Crippen LogP contribution in [0.15, 0.2) is 17.6 Å². The number of carbonyl (C=O) groups excluding carboxylic acids is 1. The van der Waals surface area contributed by atoms with E-state index < -0.39 is 0 Å². The zero-order valence-corrected chi connectivity index (χ0v) is 9.26. The van der Waals surface area contributed by atoms with Gasteiger partial charge in [-0.25, -0.2) is 0 Å². The Morgan fingerprint density at radius 2 is 2.50 bits per heavy atom. The third kappa shape index (κ3) is 1.81. The van der Waals surface area contributed by atoms with Gasteiger partial charge in [-0.3, -0.25) is 9.89 Å². The molecule has 80 valence electrons.